The molecule has 0 aliphatic rings. The van der Waals surface area contributed by atoms with E-state index in [4.69, 9.17) is 20.4 Å². The van der Waals surface area contributed by atoms with Gasteiger partial charge in [0.1, 0.15) is 0 Å². The van der Waals surface area contributed by atoms with Crippen molar-refractivity contribution in [3.63, 3.8) is 0 Å². The zero-order valence-electron chi connectivity index (χ0n) is 5.52. The maximum absolute atomic E-state index is 8.35. The van der Waals surface area contributed by atoms with Gasteiger partial charge < -0.3 is 0 Å². The van der Waals surface area contributed by atoms with Crippen molar-refractivity contribution in [1.29, 1.82) is 10.8 Å². The van der Waals surface area contributed by atoms with E-state index in [0.717, 1.165) is 12.2 Å². The maximum Gasteiger partial charge on any atom is 0.231 e. The minimum atomic E-state index is 0. The summed E-state index contributed by atoms with van der Waals surface area (Å²) in [5, 5.41) is 10.8. The highest BCUT2D eigenvalue weighted by atomic mass is 16.1. The van der Waals surface area contributed by atoms with Gasteiger partial charge in [0.2, 0.25) is 12.2 Å². The van der Waals surface area contributed by atoms with E-state index in [-0.39, 0.29) is 7.43 Å². The first-order valence-electron chi connectivity index (χ1n) is 2.32. The highest BCUT2D eigenvalue weighted by Gasteiger charge is 1.35. The van der Waals surface area contributed by atoms with E-state index >= 15 is 0 Å². The molecule has 4 nitrogen and oxygen atoms in total. The predicted octanol–water partition coefficient (Wildman–Crippen LogP) is 1.85. The van der Waals surface area contributed by atoms with Crippen molar-refractivity contribution in [3.05, 3.63) is 0 Å². The summed E-state index contributed by atoms with van der Waals surface area (Å²) in [6, 6.07) is 0. The van der Waals surface area contributed by atoms with Gasteiger partial charge in [-0.3, -0.25) is 0 Å². The fourth-order valence-corrected chi connectivity index (χ4v) is 0. The monoisotopic (exact) mass is 146 g/mol. The first kappa shape index (κ1) is 23.3. The third-order valence-electron chi connectivity index (χ3n) is 0. The molecule has 0 saturated carbocycles. The standard InChI is InChI=1S/C3H8.2CHNO.CH4/c1-3-2;2*2-1-3;/h3H2,1-2H3;2*2H;1H4. The summed E-state index contributed by atoms with van der Waals surface area (Å²) in [5.74, 6) is 0. The molecule has 0 rings (SSSR count). The topological polar surface area (TPSA) is 81.8 Å². The van der Waals surface area contributed by atoms with Crippen LogP contribution in [-0.4, -0.2) is 12.2 Å². The van der Waals surface area contributed by atoms with Crippen molar-refractivity contribution < 1.29 is 9.59 Å². The van der Waals surface area contributed by atoms with Crippen molar-refractivity contribution in [1.82, 2.24) is 0 Å². The van der Waals surface area contributed by atoms with Gasteiger partial charge in [0, 0.05) is 0 Å². The van der Waals surface area contributed by atoms with Crippen molar-refractivity contribution in [2.75, 3.05) is 0 Å². The van der Waals surface area contributed by atoms with Gasteiger partial charge in [-0.05, 0) is 0 Å². The minimum absolute atomic E-state index is 0. The Kier molecular flexibility index (Phi) is 267. The fourth-order valence-electron chi connectivity index (χ4n) is 0. The first-order chi connectivity index (χ1) is 4.24. The summed E-state index contributed by atoms with van der Waals surface area (Å²) in [4.78, 5) is 16.7. The van der Waals surface area contributed by atoms with Gasteiger partial charge in [-0.1, -0.05) is 27.7 Å². The van der Waals surface area contributed by atoms with Crippen LogP contribution in [0, 0.1) is 10.8 Å². The Balaban J connectivity index is -0.0000000257. The second-order valence-corrected chi connectivity index (χ2v) is 0.911. The zero-order valence-corrected chi connectivity index (χ0v) is 5.52. The van der Waals surface area contributed by atoms with Crippen LogP contribution in [-0.2, 0) is 9.59 Å². The van der Waals surface area contributed by atoms with Crippen LogP contribution in [0.3, 0.4) is 0 Å². The summed E-state index contributed by atoms with van der Waals surface area (Å²) in [6.07, 6.45) is 2.75. The Morgan fingerprint density at radius 3 is 1.10 bits per heavy atom. The molecule has 0 saturated heterocycles. The molecule has 2 N–H and O–H groups in total. The maximum atomic E-state index is 8.35. The van der Waals surface area contributed by atoms with Crippen LogP contribution in [0.5, 0.6) is 0 Å². The first-order valence-corrected chi connectivity index (χ1v) is 2.32. The van der Waals surface area contributed by atoms with Crippen LogP contribution in [0.15, 0.2) is 0 Å². The highest BCUT2D eigenvalue weighted by molar-refractivity contribution is 5.26. The second kappa shape index (κ2) is 114. The lowest BCUT2D eigenvalue weighted by atomic mass is 10.6. The normalized spacial score (nSPS) is 3.40. The predicted molar refractivity (Wildman–Crippen MR) is 39.5 cm³/mol. The molecular weight excluding hydrogens is 132 g/mol. The van der Waals surface area contributed by atoms with Crippen LogP contribution < -0.4 is 0 Å². The van der Waals surface area contributed by atoms with Gasteiger partial charge in [-0.25, -0.2) is 20.4 Å². The van der Waals surface area contributed by atoms with Crippen LogP contribution in [0.1, 0.15) is 27.7 Å². The molecule has 10 heavy (non-hydrogen) atoms. The van der Waals surface area contributed by atoms with Gasteiger partial charge in [0.25, 0.3) is 0 Å². The quantitative estimate of drug-likeness (QED) is 0.404. The Bertz CT molecular complexity index is 77.9. The fraction of sp³-hybridized carbons (Fsp3) is 0.667. The van der Waals surface area contributed by atoms with Crippen molar-refractivity contribution in [3.8, 4) is 0 Å². The summed E-state index contributed by atoms with van der Waals surface area (Å²) in [5.41, 5.74) is 0. The minimum Gasteiger partial charge on any atom is -0.222 e. The third kappa shape index (κ3) is 146. The molecule has 0 heterocycles. The Morgan fingerprint density at radius 1 is 1.10 bits per heavy atom. The van der Waals surface area contributed by atoms with Gasteiger partial charge in [-0.15, -0.1) is 0 Å². The van der Waals surface area contributed by atoms with E-state index in [9.17, 15) is 0 Å². The van der Waals surface area contributed by atoms with Gasteiger partial charge in [-0.2, -0.15) is 0 Å². The number of isocyanates is 2. The molecule has 0 radical (unpaired) electrons. The number of rotatable bonds is 0. The molecule has 0 bridgehead atoms. The SMILES string of the molecule is C.CCC.N=C=O.N=C=O. The molecule has 0 atom stereocenters. The molecule has 0 aliphatic carbocycles. The molecule has 0 amide bonds. The van der Waals surface area contributed by atoms with Crippen molar-refractivity contribution in [2.24, 2.45) is 0 Å². The molecular formula is C6H14N2O2. The average molecular weight is 146 g/mol. The molecule has 0 aromatic carbocycles. The molecule has 60 valence electrons. The van der Waals surface area contributed by atoms with Crippen LogP contribution in [0.25, 0.3) is 0 Å². The Morgan fingerprint density at radius 2 is 1.10 bits per heavy atom. The molecule has 0 aromatic heterocycles. The van der Waals surface area contributed by atoms with E-state index in [1.54, 1.807) is 0 Å². The lowest BCUT2D eigenvalue weighted by Crippen LogP contribution is -1.27. The molecule has 4 heteroatoms. The lowest BCUT2D eigenvalue weighted by Gasteiger charge is -1.48. The number of nitrogens with one attached hydrogen (secondary N) is 2. The molecule has 0 unspecified atom stereocenters. The van der Waals surface area contributed by atoms with E-state index < -0.39 is 0 Å². The van der Waals surface area contributed by atoms with E-state index in [1.807, 2.05) is 0 Å². The van der Waals surface area contributed by atoms with Gasteiger partial charge in [0.05, 0.1) is 0 Å². The summed E-state index contributed by atoms with van der Waals surface area (Å²) in [7, 11) is 0. The lowest BCUT2D eigenvalue weighted by molar-refractivity contribution is 0.562. The Hall–Kier alpha value is -1.24. The van der Waals surface area contributed by atoms with Crippen molar-refractivity contribution >= 4 is 12.2 Å². The highest BCUT2D eigenvalue weighted by Crippen LogP contribution is 1.56. The molecule has 0 spiro atoms. The van der Waals surface area contributed by atoms with Crippen molar-refractivity contribution in [2.45, 2.75) is 27.7 Å². The molecule has 0 fully saturated rings. The largest absolute Gasteiger partial charge is 0.231 e. The zero-order chi connectivity index (χ0) is 8.12. The number of carbonyl (C=O) groups excluding carboxylic acids is 2. The second-order valence-electron chi connectivity index (χ2n) is 0.911. The Labute approximate surface area is 61.3 Å². The van der Waals surface area contributed by atoms with Crippen LogP contribution in [0.2, 0.25) is 0 Å². The van der Waals surface area contributed by atoms with Gasteiger partial charge >= 0.3 is 0 Å². The molecule has 0 aliphatic heterocycles. The van der Waals surface area contributed by atoms with E-state index in [0.29, 0.717) is 0 Å². The number of hydrogen-bond acceptors (Lipinski definition) is 4. The smallest absolute Gasteiger partial charge is 0.222 e. The summed E-state index contributed by atoms with van der Waals surface area (Å²) >= 11 is 0. The third-order valence-corrected chi connectivity index (χ3v) is 0. The van der Waals surface area contributed by atoms with E-state index in [1.165, 1.54) is 6.42 Å². The molecule has 0 aromatic rings. The number of hydrogen-bond donors (Lipinski definition) is 2. The van der Waals surface area contributed by atoms with E-state index in [2.05, 4.69) is 13.8 Å². The average Bonchev–Trinajstić information content (AvgIpc) is 1.70. The summed E-state index contributed by atoms with van der Waals surface area (Å²) < 4.78 is 0. The van der Waals surface area contributed by atoms with Crippen LogP contribution in [0.4, 0.5) is 0 Å². The summed E-state index contributed by atoms with van der Waals surface area (Å²) in [6.45, 7) is 4.25. The van der Waals surface area contributed by atoms with Crippen LogP contribution >= 0.6 is 0 Å². The van der Waals surface area contributed by atoms with Gasteiger partial charge in [0.15, 0.2) is 0 Å².